The Morgan fingerprint density at radius 3 is 1.38 bits per heavy atom. The Balaban J connectivity index is 5.94. The normalized spacial score (nSPS) is 13.9. The summed E-state index contributed by atoms with van der Waals surface area (Å²) in [6, 6.07) is -8.47. The van der Waals surface area contributed by atoms with Gasteiger partial charge in [0, 0.05) is 12.8 Å². The van der Waals surface area contributed by atoms with Crippen LogP contribution in [-0.4, -0.2) is 122 Å². The highest BCUT2D eigenvalue weighted by Gasteiger charge is 2.33. The Morgan fingerprint density at radius 1 is 0.553 bits per heavy atom. The number of rotatable bonds is 23. The number of aliphatic carboxylic acids is 5. The highest BCUT2D eigenvalue weighted by atomic mass is 16.4. The van der Waals surface area contributed by atoms with E-state index < -0.39 is 135 Å². The van der Waals surface area contributed by atoms with Crippen LogP contribution in [0.25, 0.3) is 0 Å². The standard InChI is InChI=1S/C26H40N6O15/c1-11(2)7-12(27)22(42)28-10-17(33)29-13(3-5-18(34)35)23(43)30-14(4-6-19(36)37)24(44)31-15(8-20(38)39)25(45)32-16(26(46)47)9-21(40)41/h11-16H,3-10,27H2,1-2H3,(H,28,42)(H,29,33)(H,30,43)(H,31,44)(H,32,45)(H,34,35)(H,36,37)(H,38,39)(H,40,41)(H,46,47)/t12-,13-,14-,15-,16-/m0/s1. The monoisotopic (exact) mass is 676 g/mol. The molecule has 47 heavy (non-hydrogen) atoms. The van der Waals surface area contributed by atoms with Crippen molar-refractivity contribution in [2.75, 3.05) is 6.54 Å². The first-order valence-corrected chi connectivity index (χ1v) is 14.1. The topological polar surface area (TPSA) is 358 Å². The van der Waals surface area contributed by atoms with Crippen LogP contribution in [-0.2, 0) is 47.9 Å². The average Bonchev–Trinajstić information content (AvgIpc) is 2.93. The summed E-state index contributed by atoms with van der Waals surface area (Å²) in [4.78, 5) is 119. The summed E-state index contributed by atoms with van der Waals surface area (Å²) in [6.07, 6.45) is -4.58. The largest absolute Gasteiger partial charge is 0.481 e. The van der Waals surface area contributed by atoms with Gasteiger partial charge < -0.3 is 57.9 Å². The van der Waals surface area contributed by atoms with Gasteiger partial charge in [0.15, 0.2) is 0 Å². The van der Waals surface area contributed by atoms with Crippen LogP contribution >= 0.6 is 0 Å². The Morgan fingerprint density at radius 2 is 0.957 bits per heavy atom. The maximum atomic E-state index is 13.1. The first kappa shape index (κ1) is 41.7. The van der Waals surface area contributed by atoms with Crippen LogP contribution in [0.15, 0.2) is 0 Å². The van der Waals surface area contributed by atoms with Crippen LogP contribution in [0.2, 0.25) is 0 Å². The van der Waals surface area contributed by atoms with Crippen LogP contribution in [0.3, 0.4) is 0 Å². The molecule has 0 aliphatic carbocycles. The fourth-order valence-corrected chi connectivity index (χ4v) is 3.81. The molecule has 0 aromatic carbocycles. The van der Waals surface area contributed by atoms with Crippen LogP contribution in [0, 0.1) is 5.92 Å². The summed E-state index contributed by atoms with van der Waals surface area (Å²) < 4.78 is 0. The van der Waals surface area contributed by atoms with Crippen LogP contribution in [0.4, 0.5) is 0 Å². The van der Waals surface area contributed by atoms with Crippen molar-refractivity contribution in [1.29, 1.82) is 0 Å². The number of carbonyl (C=O) groups is 10. The molecule has 0 unspecified atom stereocenters. The number of nitrogens with two attached hydrogens (primary N) is 1. The molecule has 0 spiro atoms. The highest BCUT2D eigenvalue weighted by Crippen LogP contribution is 2.06. The number of carboxylic acids is 5. The molecule has 0 saturated carbocycles. The molecular formula is C26H40N6O15. The second-order valence-corrected chi connectivity index (χ2v) is 10.7. The second kappa shape index (κ2) is 20.6. The molecule has 0 saturated heterocycles. The summed E-state index contributed by atoms with van der Waals surface area (Å²) in [6.45, 7) is 2.96. The molecule has 5 atom stereocenters. The van der Waals surface area contributed by atoms with Gasteiger partial charge in [-0.3, -0.25) is 43.2 Å². The lowest BCUT2D eigenvalue weighted by Gasteiger charge is -2.25. The van der Waals surface area contributed by atoms with Crippen molar-refractivity contribution < 1.29 is 73.5 Å². The molecule has 21 heteroatoms. The van der Waals surface area contributed by atoms with Gasteiger partial charge in [0.2, 0.25) is 29.5 Å². The number of hydrogen-bond acceptors (Lipinski definition) is 11. The zero-order valence-electron chi connectivity index (χ0n) is 25.5. The van der Waals surface area contributed by atoms with E-state index in [0.29, 0.717) is 6.42 Å². The molecule has 0 fully saturated rings. The lowest BCUT2D eigenvalue weighted by molar-refractivity contribution is -0.148. The molecule has 21 nitrogen and oxygen atoms in total. The summed E-state index contributed by atoms with van der Waals surface area (Å²) in [5, 5.41) is 55.6. The Kier molecular flexibility index (Phi) is 18.3. The number of hydrogen-bond donors (Lipinski definition) is 11. The van der Waals surface area contributed by atoms with Gasteiger partial charge in [0.05, 0.1) is 25.4 Å². The molecule has 0 aromatic rings. The van der Waals surface area contributed by atoms with Crippen molar-refractivity contribution in [2.24, 2.45) is 11.7 Å². The summed E-state index contributed by atoms with van der Waals surface area (Å²) in [5.74, 6) is -13.5. The molecule has 5 amide bonds. The van der Waals surface area contributed by atoms with Gasteiger partial charge in [-0.25, -0.2) is 4.79 Å². The molecule has 0 bridgehead atoms. The maximum absolute atomic E-state index is 13.1. The van der Waals surface area contributed by atoms with E-state index in [0.717, 1.165) is 0 Å². The number of carbonyl (C=O) groups excluding carboxylic acids is 5. The van der Waals surface area contributed by atoms with E-state index in [9.17, 15) is 53.1 Å². The molecular weight excluding hydrogens is 636 g/mol. The van der Waals surface area contributed by atoms with Crippen LogP contribution < -0.4 is 32.3 Å². The Bertz CT molecular complexity index is 1210. The van der Waals surface area contributed by atoms with E-state index in [2.05, 4.69) is 16.0 Å². The summed E-state index contributed by atoms with van der Waals surface area (Å²) >= 11 is 0. The maximum Gasteiger partial charge on any atom is 0.326 e. The summed E-state index contributed by atoms with van der Waals surface area (Å²) in [7, 11) is 0. The average molecular weight is 677 g/mol. The van der Waals surface area contributed by atoms with E-state index >= 15 is 0 Å². The predicted molar refractivity (Wildman–Crippen MR) is 154 cm³/mol. The van der Waals surface area contributed by atoms with Crippen molar-refractivity contribution in [3.63, 3.8) is 0 Å². The van der Waals surface area contributed by atoms with Crippen molar-refractivity contribution in [1.82, 2.24) is 26.6 Å². The molecule has 12 N–H and O–H groups in total. The molecule has 264 valence electrons. The van der Waals surface area contributed by atoms with Gasteiger partial charge in [-0.1, -0.05) is 13.8 Å². The Hall–Kier alpha value is -5.34. The fraction of sp³-hybridized carbons (Fsp3) is 0.615. The van der Waals surface area contributed by atoms with Gasteiger partial charge in [-0.2, -0.15) is 0 Å². The molecule has 0 rings (SSSR count). The minimum absolute atomic E-state index is 0.0623. The lowest BCUT2D eigenvalue weighted by Crippen LogP contribution is -2.58. The van der Waals surface area contributed by atoms with E-state index in [-0.39, 0.29) is 5.92 Å². The molecule has 0 radical (unpaired) electrons. The van der Waals surface area contributed by atoms with Gasteiger partial charge in [-0.05, 0) is 25.2 Å². The minimum Gasteiger partial charge on any atom is -0.481 e. The van der Waals surface area contributed by atoms with Crippen molar-refractivity contribution in [3.05, 3.63) is 0 Å². The number of carboxylic acid groups (broad SMARTS) is 5. The predicted octanol–water partition coefficient (Wildman–Crippen LogP) is -3.82. The van der Waals surface area contributed by atoms with E-state index in [1.165, 1.54) is 0 Å². The van der Waals surface area contributed by atoms with Gasteiger partial charge in [0.25, 0.3) is 0 Å². The first-order valence-electron chi connectivity index (χ1n) is 14.1. The quantitative estimate of drug-likeness (QED) is 0.0494. The third kappa shape index (κ3) is 18.3. The zero-order chi connectivity index (χ0) is 36.4. The van der Waals surface area contributed by atoms with Crippen molar-refractivity contribution >= 4 is 59.4 Å². The SMILES string of the molecule is CC(C)C[C@H](N)C(=O)NCC(=O)N[C@@H](CCC(=O)O)C(=O)N[C@@H](CCC(=O)O)C(=O)N[C@@H](CC(=O)O)C(=O)N[C@@H](CC(=O)O)C(=O)O. The van der Waals surface area contributed by atoms with E-state index in [4.69, 9.17) is 26.2 Å². The molecule has 0 aliphatic heterocycles. The van der Waals surface area contributed by atoms with Gasteiger partial charge in [0.1, 0.15) is 24.2 Å². The Labute approximate surface area is 267 Å². The van der Waals surface area contributed by atoms with E-state index in [1.807, 2.05) is 19.2 Å². The third-order valence-corrected chi connectivity index (χ3v) is 6.07. The van der Waals surface area contributed by atoms with Gasteiger partial charge >= 0.3 is 29.8 Å². The molecule has 0 aromatic heterocycles. The number of nitrogens with one attached hydrogen (secondary N) is 5. The van der Waals surface area contributed by atoms with Crippen molar-refractivity contribution in [3.8, 4) is 0 Å². The molecule has 0 aliphatic rings. The van der Waals surface area contributed by atoms with Crippen molar-refractivity contribution in [2.45, 2.75) is 89.0 Å². The lowest BCUT2D eigenvalue weighted by atomic mass is 10.0. The van der Waals surface area contributed by atoms with E-state index in [1.54, 1.807) is 5.32 Å². The third-order valence-electron chi connectivity index (χ3n) is 6.07. The van der Waals surface area contributed by atoms with Gasteiger partial charge in [-0.15, -0.1) is 0 Å². The fourth-order valence-electron chi connectivity index (χ4n) is 3.81. The van der Waals surface area contributed by atoms with Crippen LogP contribution in [0.5, 0.6) is 0 Å². The minimum atomic E-state index is -2.03. The zero-order valence-corrected chi connectivity index (χ0v) is 25.5. The van der Waals surface area contributed by atoms with Crippen LogP contribution in [0.1, 0.15) is 58.8 Å². The summed E-state index contributed by atoms with van der Waals surface area (Å²) in [5.41, 5.74) is 5.74. The smallest absolute Gasteiger partial charge is 0.326 e. The first-order chi connectivity index (χ1) is 21.7. The number of amides is 5. The highest BCUT2D eigenvalue weighted by molar-refractivity contribution is 5.97. The second-order valence-electron chi connectivity index (χ2n) is 10.7. The molecule has 0 heterocycles.